The first-order valence-corrected chi connectivity index (χ1v) is 10.5. The van der Waals surface area contributed by atoms with Crippen LogP contribution in [0.15, 0.2) is 29.3 Å². The number of aliphatic imine (C=N–C) groups is 1. The van der Waals surface area contributed by atoms with Gasteiger partial charge in [0.25, 0.3) is 0 Å². The molecule has 28 heavy (non-hydrogen) atoms. The molecule has 0 aromatic heterocycles. The van der Waals surface area contributed by atoms with Crippen molar-refractivity contribution in [3.05, 3.63) is 35.4 Å². The van der Waals surface area contributed by atoms with Crippen LogP contribution in [0.3, 0.4) is 0 Å². The summed E-state index contributed by atoms with van der Waals surface area (Å²) in [7, 11) is 0. The Labute approximate surface area is 168 Å². The van der Waals surface area contributed by atoms with Gasteiger partial charge in [0.2, 0.25) is 0 Å². The van der Waals surface area contributed by atoms with Crippen LogP contribution in [0.1, 0.15) is 68.3 Å². The zero-order valence-electron chi connectivity index (χ0n) is 17.3. The Morgan fingerprint density at radius 2 is 1.86 bits per heavy atom. The van der Waals surface area contributed by atoms with E-state index in [2.05, 4.69) is 22.5 Å². The molecule has 1 fully saturated rings. The summed E-state index contributed by atoms with van der Waals surface area (Å²) in [5.74, 6) is 0.495. The third-order valence-electron chi connectivity index (χ3n) is 5.42. The summed E-state index contributed by atoms with van der Waals surface area (Å²) in [5.41, 5.74) is 1.76. The van der Waals surface area contributed by atoms with Crippen LogP contribution < -0.4 is 10.6 Å². The van der Waals surface area contributed by atoms with Crippen LogP contribution >= 0.6 is 0 Å². The summed E-state index contributed by atoms with van der Waals surface area (Å²) >= 11 is 0. The molecule has 0 aliphatic heterocycles. The van der Waals surface area contributed by atoms with E-state index in [9.17, 15) is 9.90 Å². The fourth-order valence-corrected chi connectivity index (χ4v) is 3.80. The van der Waals surface area contributed by atoms with E-state index in [1.165, 1.54) is 19.3 Å². The number of esters is 1. The molecule has 6 nitrogen and oxygen atoms in total. The van der Waals surface area contributed by atoms with E-state index in [4.69, 9.17) is 4.74 Å². The Balaban J connectivity index is 1.96. The van der Waals surface area contributed by atoms with Crippen molar-refractivity contribution in [2.24, 2.45) is 10.4 Å². The van der Waals surface area contributed by atoms with Gasteiger partial charge in [-0.15, -0.1) is 0 Å². The minimum atomic E-state index is -0.297. The maximum absolute atomic E-state index is 11.7. The second-order valence-electron chi connectivity index (χ2n) is 7.50. The monoisotopic (exact) mass is 389 g/mol. The van der Waals surface area contributed by atoms with Gasteiger partial charge in [-0.1, -0.05) is 31.4 Å². The van der Waals surface area contributed by atoms with E-state index in [0.717, 1.165) is 43.9 Å². The smallest absolute Gasteiger partial charge is 0.338 e. The van der Waals surface area contributed by atoms with Crippen LogP contribution in [0.2, 0.25) is 0 Å². The summed E-state index contributed by atoms with van der Waals surface area (Å²) in [5, 5.41) is 16.3. The summed E-state index contributed by atoms with van der Waals surface area (Å²) in [6.07, 6.45) is 6.94. The van der Waals surface area contributed by atoms with Crippen molar-refractivity contribution in [3.63, 3.8) is 0 Å². The van der Waals surface area contributed by atoms with Crippen molar-refractivity contribution >= 4 is 11.9 Å². The molecule has 0 radical (unpaired) electrons. The van der Waals surface area contributed by atoms with E-state index in [1.54, 1.807) is 19.1 Å². The number of benzene rings is 1. The van der Waals surface area contributed by atoms with Gasteiger partial charge in [-0.3, -0.25) is 0 Å². The lowest BCUT2D eigenvalue weighted by atomic mass is 9.72. The van der Waals surface area contributed by atoms with Gasteiger partial charge in [0, 0.05) is 19.7 Å². The molecule has 1 aromatic carbocycles. The third-order valence-corrected chi connectivity index (χ3v) is 5.42. The molecule has 0 atom stereocenters. The van der Waals surface area contributed by atoms with Crippen LogP contribution in [0.4, 0.5) is 0 Å². The number of aliphatic hydroxyl groups is 1. The van der Waals surface area contributed by atoms with Gasteiger partial charge >= 0.3 is 5.97 Å². The normalized spacial score (nSPS) is 16.5. The van der Waals surface area contributed by atoms with Crippen LogP contribution in [-0.4, -0.2) is 43.3 Å². The molecule has 3 N–H and O–H groups in total. The Hall–Kier alpha value is -2.08. The standard InChI is InChI=1S/C22H35N3O3/c1-3-23-21(25-17-22(14-15-26)12-6-5-7-13-22)24-16-18-8-10-19(11-9-18)20(27)28-4-2/h8-11,26H,3-7,12-17H2,1-2H3,(H2,23,24,25). The lowest BCUT2D eigenvalue weighted by molar-refractivity contribution is 0.0526. The Morgan fingerprint density at radius 3 is 2.46 bits per heavy atom. The minimum Gasteiger partial charge on any atom is -0.462 e. The number of rotatable bonds is 9. The van der Waals surface area contributed by atoms with Gasteiger partial charge in [0.05, 0.1) is 18.7 Å². The van der Waals surface area contributed by atoms with Gasteiger partial charge < -0.3 is 20.5 Å². The van der Waals surface area contributed by atoms with Gasteiger partial charge in [-0.2, -0.15) is 0 Å². The first kappa shape index (κ1) is 22.2. The predicted molar refractivity (Wildman–Crippen MR) is 112 cm³/mol. The molecule has 0 spiro atoms. The fraction of sp³-hybridized carbons (Fsp3) is 0.636. The lowest BCUT2D eigenvalue weighted by Gasteiger charge is -2.37. The number of carbonyl (C=O) groups is 1. The second-order valence-corrected chi connectivity index (χ2v) is 7.50. The maximum Gasteiger partial charge on any atom is 0.338 e. The fourth-order valence-electron chi connectivity index (χ4n) is 3.80. The molecule has 0 heterocycles. The van der Waals surface area contributed by atoms with Crippen molar-refractivity contribution < 1.29 is 14.6 Å². The highest BCUT2D eigenvalue weighted by molar-refractivity contribution is 5.89. The number of nitrogens with one attached hydrogen (secondary N) is 2. The molecule has 0 saturated heterocycles. The number of nitrogens with zero attached hydrogens (tertiary/aromatic N) is 1. The summed E-state index contributed by atoms with van der Waals surface area (Å²) < 4.78 is 5.01. The number of ether oxygens (including phenoxy) is 1. The highest BCUT2D eigenvalue weighted by Gasteiger charge is 2.31. The quantitative estimate of drug-likeness (QED) is 0.343. The number of guanidine groups is 1. The first-order chi connectivity index (χ1) is 13.6. The van der Waals surface area contributed by atoms with E-state index in [-0.39, 0.29) is 18.0 Å². The van der Waals surface area contributed by atoms with Crippen molar-refractivity contribution in [1.29, 1.82) is 0 Å². The molecule has 6 heteroatoms. The highest BCUT2D eigenvalue weighted by atomic mass is 16.5. The molecule has 1 saturated carbocycles. The average molecular weight is 390 g/mol. The Bertz CT molecular complexity index is 617. The Morgan fingerprint density at radius 1 is 1.14 bits per heavy atom. The van der Waals surface area contributed by atoms with E-state index >= 15 is 0 Å². The highest BCUT2D eigenvalue weighted by Crippen LogP contribution is 2.38. The van der Waals surface area contributed by atoms with Crippen LogP contribution in [0, 0.1) is 5.41 Å². The first-order valence-electron chi connectivity index (χ1n) is 10.5. The Kier molecular flexibility index (Phi) is 9.28. The number of hydrogen-bond donors (Lipinski definition) is 3. The average Bonchev–Trinajstić information content (AvgIpc) is 2.71. The predicted octanol–water partition coefficient (Wildman–Crippen LogP) is 3.25. The van der Waals surface area contributed by atoms with Gasteiger partial charge in [0.15, 0.2) is 5.96 Å². The van der Waals surface area contributed by atoms with Crippen LogP contribution in [0.25, 0.3) is 0 Å². The lowest BCUT2D eigenvalue weighted by Crippen LogP contribution is -2.44. The number of carbonyl (C=O) groups excluding carboxylic acids is 1. The molecular formula is C22H35N3O3. The van der Waals surface area contributed by atoms with Gasteiger partial charge in [0.1, 0.15) is 0 Å². The van der Waals surface area contributed by atoms with Crippen molar-refractivity contribution in [1.82, 2.24) is 10.6 Å². The topological polar surface area (TPSA) is 83.0 Å². The summed E-state index contributed by atoms with van der Waals surface area (Å²) in [6.45, 7) is 6.62. The molecule has 0 bridgehead atoms. The molecule has 0 amide bonds. The van der Waals surface area contributed by atoms with Gasteiger partial charge in [-0.05, 0) is 56.2 Å². The molecule has 2 rings (SSSR count). The van der Waals surface area contributed by atoms with E-state index < -0.39 is 0 Å². The van der Waals surface area contributed by atoms with Crippen LogP contribution in [0.5, 0.6) is 0 Å². The summed E-state index contributed by atoms with van der Waals surface area (Å²) in [6, 6.07) is 7.38. The molecule has 156 valence electrons. The second kappa shape index (κ2) is 11.7. The van der Waals surface area contributed by atoms with E-state index in [1.807, 2.05) is 12.1 Å². The van der Waals surface area contributed by atoms with Crippen molar-refractivity contribution in [3.8, 4) is 0 Å². The van der Waals surface area contributed by atoms with Gasteiger partial charge in [-0.25, -0.2) is 9.79 Å². The third kappa shape index (κ3) is 6.82. The zero-order valence-corrected chi connectivity index (χ0v) is 17.3. The maximum atomic E-state index is 11.7. The number of hydrogen-bond acceptors (Lipinski definition) is 4. The minimum absolute atomic E-state index is 0.171. The van der Waals surface area contributed by atoms with Crippen molar-refractivity contribution in [2.75, 3.05) is 26.3 Å². The van der Waals surface area contributed by atoms with Crippen molar-refractivity contribution in [2.45, 2.75) is 58.9 Å². The van der Waals surface area contributed by atoms with E-state index in [0.29, 0.717) is 18.7 Å². The molecule has 1 aliphatic carbocycles. The molecule has 1 aliphatic rings. The SMILES string of the molecule is CCNC(=NCc1ccc(C(=O)OCC)cc1)NCC1(CCO)CCCCC1. The molecule has 0 unspecified atom stereocenters. The largest absolute Gasteiger partial charge is 0.462 e. The molecule has 1 aromatic rings. The van der Waals surface area contributed by atoms with Crippen LogP contribution in [-0.2, 0) is 11.3 Å². The molecular weight excluding hydrogens is 354 g/mol. The number of aliphatic hydroxyl groups excluding tert-OH is 1. The zero-order chi connectivity index (χ0) is 20.2. The summed E-state index contributed by atoms with van der Waals surface area (Å²) in [4.78, 5) is 16.4.